The van der Waals surface area contributed by atoms with Gasteiger partial charge in [0.2, 0.25) is 0 Å². The molecule has 118 valence electrons. The van der Waals surface area contributed by atoms with Crippen molar-refractivity contribution >= 4 is 0 Å². The molecule has 0 aromatic rings. The summed E-state index contributed by atoms with van der Waals surface area (Å²) < 4.78 is 0. The van der Waals surface area contributed by atoms with E-state index in [0.29, 0.717) is 0 Å². The van der Waals surface area contributed by atoms with E-state index in [1.54, 1.807) is 0 Å². The van der Waals surface area contributed by atoms with Crippen LogP contribution in [-0.4, -0.2) is 12.6 Å². The Morgan fingerprint density at radius 2 is 1.65 bits per heavy atom. The quantitative estimate of drug-likeness (QED) is 0.629. The molecule has 2 fully saturated rings. The molecular weight excluding hydrogens is 242 g/mol. The van der Waals surface area contributed by atoms with Crippen LogP contribution in [0.2, 0.25) is 0 Å². The zero-order valence-electron chi connectivity index (χ0n) is 14.0. The lowest BCUT2D eigenvalue weighted by Gasteiger charge is -2.27. The van der Waals surface area contributed by atoms with Gasteiger partial charge in [-0.15, -0.1) is 0 Å². The Balaban J connectivity index is 1.59. The number of rotatable bonds is 6. The Bertz CT molecular complexity index is 250. The summed E-state index contributed by atoms with van der Waals surface area (Å²) in [5, 5.41) is 3.89. The molecule has 1 N–H and O–H groups in total. The third-order valence-corrected chi connectivity index (χ3v) is 5.82. The summed E-state index contributed by atoms with van der Waals surface area (Å²) in [7, 11) is 0. The molecule has 0 saturated heterocycles. The predicted molar refractivity (Wildman–Crippen MR) is 89.0 cm³/mol. The summed E-state index contributed by atoms with van der Waals surface area (Å²) in [6, 6.07) is 0.831. The molecule has 2 rings (SSSR count). The van der Waals surface area contributed by atoms with Gasteiger partial charge in [0.25, 0.3) is 0 Å². The molecule has 0 aromatic carbocycles. The number of hydrogen-bond acceptors (Lipinski definition) is 1. The summed E-state index contributed by atoms with van der Waals surface area (Å²) in [4.78, 5) is 0. The Morgan fingerprint density at radius 3 is 2.45 bits per heavy atom. The van der Waals surface area contributed by atoms with Crippen molar-refractivity contribution in [1.82, 2.24) is 5.32 Å². The number of nitrogens with one attached hydrogen (secondary N) is 1. The van der Waals surface area contributed by atoms with Gasteiger partial charge < -0.3 is 5.32 Å². The fourth-order valence-electron chi connectivity index (χ4n) is 4.59. The van der Waals surface area contributed by atoms with E-state index in [1.807, 2.05) is 0 Å². The van der Waals surface area contributed by atoms with Crippen LogP contribution in [0.1, 0.15) is 90.9 Å². The van der Waals surface area contributed by atoms with Crippen LogP contribution in [0, 0.1) is 17.8 Å². The van der Waals surface area contributed by atoms with Crippen LogP contribution in [0.5, 0.6) is 0 Å². The average Bonchev–Trinajstić information content (AvgIpc) is 2.65. The maximum Gasteiger partial charge on any atom is 0.00671 e. The van der Waals surface area contributed by atoms with Crippen LogP contribution < -0.4 is 5.32 Å². The van der Waals surface area contributed by atoms with E-state index < -0.39 is 0 Å². The molecule has 0 heterocycles. The minimum atomic E-state index is 0.831. The van der Waals surface area contributed by atoms with Crippen molar-refractivity contribution in [3.63, 3.8) is 0 Å². The minimum absolute atomic E-state index is 0.831. The monoisotopic (exact) mass is 279 g/mol. The topological polar surface area (TPSA) is 12.0 Å². The maximum atomic E-state index is 3.89. The molecule has 20 heavy (non-hydrogen) atoms. The SMILES string of the molecule is CCCC1CCCC(NCCC2CCCC(C)C2)CC1. The van der Waals surface area contributed by atoms with Gasteiger partial charge in [-0.3, -0.25) is 0 Å². The van der Waals surface area contributed by atoms with Crippen LogP contribution in [-0.2, 0) is 0 Å². The van der Waals surface area contributed by atoms with Gasteiger partial charge in [-0.05, 0) is 56.4 Å². The van der Waals surface area contributed by atoms with E-state index in [1.165, 1.54) is 83.6 Å². The summed E-state index contributed by atoms with van der Waals surface area (Å²) in [6.45, 7) is 6.06. The normalized spacial score (nSPS) is 35.7. The van der Waals surface area contributed by atoms with Gasteiger partial charge in [0.1, 0.15) is 0 Å². The molecule has 0 bridgehead atoms. The fourth-order valence-corrected chi connectivity index (χ4v) is 4.59. The lowest BCUT2D eigenvalue weighted by molar-refractivity contribution is 0.263. The van der Waals surface area contributed by atoms with E-state index >= 15 is 0 Å². The summed E-state index contributed by atoms with van der Waals surface area (Å²) >= 11 is 0. The van der Waals surface area contributed by atoms with Gasteiger partial charge >= 0.3 is 0 Å². The molecule has 0 amide bonds. The zero-order valence-corrected chi connectivity index (χ0v) is 14.0. The van der Waals surface area contributed by atoms with Crippen molar-refractivity contribution in [2.45, 2.75) is 96.9 Å². The van der Waals surface area contributed by atoms with Gasteiger partial charge in [-0.1, -0.05) is 58.8 Å². The van der Waals surface area contributed by atoms with E-state index in [-0.39, 0.29) is 0 Å². The Labute approximate surface area is 127 Å². The van der Waals surface area contributed by atoms with E-state index in [4.69, 9.17) is 0 Å². The maximum absolute atomic E-state index is 3.89. The predicted octanol–water partition coefficient (Wildman–Crippen LogP) is 5.54. The molecular formula is C19H37N. The van der Waals surface area contributed by atoms with Crippen molar-refractivity contribution in [1.29, 1.82) is 0 Å². The first-order valence-electron chi connectivity index (χ1n) is 9.51. The second-order valence-electron chi connectivity index (χ2n) is 7.74. The van der Waals surface area contributed by atoms with Crippen molar-refractivity contribution < 1.29 is 0 Å². The average molecular weight is 280 g/mol. The van der Waals surface area contributed by atoms with Gasteiger partial charge in [-0.25, -0.2) is 0 Å². The smallest absolute Gasteiger partial charge is 0.00671 e. The second kappa shape index (κ2) is 9.07. The Morgan fingerprint density at radius 1 is 0.850 bits per heavy atom. The second-order valence-corrected chi connectivity index (χ2v) is 7.74. The number of hydrogen-bond donors (Lipinski definition) is 1. The largest absolute Gasteiger partial charge is 0.314 e. The molecule has 4 unspecified atom stereocenters. The van der Waals surface area contributed by atoms with Crippen LogP contribution >= 0.6 is 0 Å². The van der Waals surface area contributed by atoms with Crippen molar-refractivity contribution in [3.05, 3.63) is 0 Å². The molecule has 0 spiro atoms. The highest BCUT2D eigenvalue weighted by Gasteiger charge is 2.20. The first kappa shape index (κ1) is 16.3. The highest BCUT2D eigenvalue weighted by molar-refractivity contribution is 4.76. The lowest BCUT2D eigenvalue weighted by atomic mass is 9.81. The van der Waals surface area contributed by atoms with Crippen molar-refractivity contribution in [2.75, 3.05) is 6.54 Å². The summed E-state index contributed by atoms with van der Waals surface area (Å²) in [6.07, 6.45) is 17.5. The molecule has 0 aliphatic heterocycles. The van der Waals surface area contributed by atoms with E-state index in [0.717, 1.165) is 23.8 Å². The standard InChI is InChI=1S/C19H37N/c1-3-6-17-8-5-10-19(12-11-17)20-14-13-18-9-4-7-16(2)15-18/h16-20H,3-15H2,1-2H3. The molecule has 0 aromatic heterocycles. The first-order chi connectivity index (χ1) is 9.78. The molecule has 4 atom stereocenters. The van der Waals surface area contributed by atoms with Gasteiger partial charge in [0, 0.05) is 6.04 Å². The fraction of sp³-hybridized carbons (Fsp3) is 1.00. The molecule has 0 radical (unpaired) electrons. The highest BCUT2D eigenvalue weighted by Crippen LogP contribution is 2.31. The van der Waals surface area contributed by atoms with Gasteiger partial charge in [0.05, 0.1) is 0 Å². The molecule has 2 aliphatic carbocycles. The van der Waals surface area contributed by atoms with E-state index in [2.05, 4.69) is 19.2 Å². The molecule has 2 saturated carbocycles. The lowest BCUT2D eigenvalue weighted by Crippen LogP contribution is -2.31. The van der Waals surface area contributed by atoms with Crippen LogP contribution in [0.15, 0.2) is 0 Å². The van der Waals surface area contributed by atoms with Crippen LogP contribution in [0.25, 0.3) is 0 Å². The molecule has 1 nitrogen and oxygen atoms in total. The molecule has 2 aliphatic rings. The zero-order chi connectivity index (χ0) is 14.2. The van der Waals surface area contributed by atoms with Crippen molar-refractivity contribution in [2.24, 2.45) is 17.8 Å². The van der Waals surface area contributed by atoms with E-state index in [9.17, 15) is 0 Å². The summed E-state index contributed by atoms with van der Waals surface area (Å²) in [5.41, 5.74) is 0. The van der Waals surface area contributed by atoms with Gasteiger partial charge in [-0.2, -0.15) is 0 Å². The summed E-state index contributed by atoms with van der Waals surface area (Å²) in [5.74, 6) is 3.04. The first-order valence-corrected chi connectivity index (χ1v) is 9.51. The Hall–Kier alpha value is -0.0400. The third kappa shape index (κ3) is 5.76. The third-order valence-electron chi connectivity index (χ3n) is 5.82. The highest BCUT2D eigenvalue weighted by atomic mass is 14.9. The van der Waals surface area contributed by atoms with Crippen molar-refractivity contribution in [3.8, 4) is 0 Å². The Kier molecular flexibility index (Phi) is 7.41. The van der Waals surface area contributed by atoms with Gasteiger partial charge in [0.15, 0.2) is 0 Å². The minimum Gasteiger partial charge on any atom is -0.314 e. The molecule has 1 heteroatoms. The van der Waals surface area contributed by atoms with Crippen LogP contribution in [0.3, 0.4) is 0 Å². The van der Waals surface area contributed by atoms with Crippen LogP contribution in [0.4, 0.5) is 0 Å².